The second-order valence-corrected chi connectivity index (χ2v) is 10.8. The molecule has 5 rings (SSSR count). The number of alkyl carbamates (subject to hydrolysis) is 1. The Morgan fingerprint density at radius 1 is 1.11 bits per heavy atom. The summed E-state index contributed by atoms with van der Waals surface area (Å²) in [5, 5.41) is 3.83. The molecule has 2 heterocycles. The number of aryl methyl sites for hydroxylation is 1. The van der Waals surface area contributed by atoms with Crippen LogP contribution in [0.2, 0.25) is 0 Å². The van der Waals surface area contributed by atoms with Gasteiger partial charge in [0.25, 0.3) is 0 Å². The van der Waals surface area contributed by atoms with Crippen molar-refractivity contribution in [3.05, 3.63) is 70.7 Å². The van der Waals surface area contributed by atoms with Gasteiger partial charge in [0.2, 0.25) is 0 Å². The molecular formula is C29H35N3O3S. The van der Waals surface area contributed by atoms with Crippen molar-refractivity contribution in [3.8, 4) is 16.3 Å². The van der Waals surface area contributed by atoms with Crippen molar-refractivity contribution in [2.75, 3.05) is 19.7 Å². The van der Waals surface area contributed by atoms with Gasteiger partial charge < -0.3 is 19.7 Å². The molecule has 36 heavy (non-hydrogen) atoms. The van der Waals surface area contributed by atoms with Crippen molar-refractivity contribution in [2.45, 2.75) is 64.1 Å². The predicted molar refractivity (Wildman–Crippen MR) is 143 cm³/mol. The van der Waals surface area contributed by atoms with Gasteiger partial charge in [-0.15, -0.1) is 11.3 Å². The predicted octanol–water partition coefficient (Wildman–Crippen LogP) is 6.37. The van der Waals surface area contributed by atoms with Gasteiger partial charge in [-0.2, -0.15) is 0 Å². The quantitative estimate of drug-likeness (QED) is 0.343. The van der Waals surface area contributed by atoms with Gasteiger partial charge in [-0.3, -0.25) is 0 Å². The van der Waals surface area contributed by atoms with Crippen LogP contribution in [0.4, 0.5) is 4.79 Å². The molecule has 1 aliphatic heterocycles. The lowest BCUT2D eigenvalue weighted by Crippen LogP contribution is -2.28. The summed E-state index contributed by atoms with van der Waals surface area (Å²) >= 11 is 1.70. The van der Waals surface area contributed by atoms with E-state index in [0.29, 0.717) is 12.6 Å². The van der Waals surface area contributed by atoms with Crippen molar-refractivity contribution in [2.24, 2.45) is 0 Å². The topological polar surface area (TPSA) is 63.7 Å². The zero-order chi connectivity index (χ0) is 24.7. The molecule has 1 aromatic heterocycles. The van der Waals surface area contributed by atoms with E-state index in [9.17, 15) is 4.79 Å². The van der Waals surface area contributed by atoms with Crippen molar-refractivity contribution in [3.63, 3.8) is 0 Å². The zero-order valence-corrected chi connectivity index (χ0v) is 21.8. The third-order valence-corrected chi connectivity index (χ3v) is 8.26. The Kier molecular flexibility index (Phi) is 8.18. The molecule has 0 radical (unpaired) electrons. The smallest absolute Gasteiger partial charge is 0.408 e. The molecule has 2 aliphatic rings. The maximum atomic E-state index is 12.4. The molecule has 2 aromatic carbocycles. The molecule has 0 bridgehead atoms. The van der Waals surface area contributed by atoms with Crippen LogP contribution >= 0.6 is 11.3 Å². The fraction of sp³-hybridized carbons (Fsp3) is 0.448. The number of likely N-dealkylation sites (tertiary alicyclic amines) is 1. The molecule has 1 fully saturated rings. The number of benzene rings is 2. The Morgan fingerprint density at radius 2 is 1.94 bits per heavy atom. The number of nitrogens with one attached hydrogen (secondary N) is 1. The Hall–Kier alpha value is -2.90. The van der Waals surface area contributed by atoms with Crippen LogP contribution in [0.5, 0.6) is 5.75 Å². The lowest BCUT2D eigenvalue weighted by Gasteiger charge is -2.21. The molecule has 1 aliphatic carbocycles. The lowest BCUT2D eigenvalue weighted by atomic mass is 10.00. The van der Waals surface area contributed by atoms with E-state index in [4.69, 9.17) is 14.5 Å². The van der Waals surface area contributed by atoms with Gasteiger partial charge in [0.05, 0.1) is 12.3 Å². The summed E-state index contributed by atoms with van der Waals surface area (Å²) in [5.41, 5.74) is 3.02. The third kappa shape index (κ3) is 6.26. The number of ether oxygens (including phenoxy) is 2. The number of carbonyl (C=O) groups is 1. The van der Waals surface area contributed by atoms with E-state index >= 15 is 0 Å². The Morgan fingerprint density at radius 3 is 2.72 bits per heavy atom. The summed E-state index contributed by atoms with van der Waals surface area (Å²) in [5.74, 6) is 0.894. The number of hydrogen-bond acceptors (Lipinski definition) is 6. The maximum Gasteiger partial charge on any atom is 0.408 e. The van der Waals surface area contributed by atoms with Gasteiger partial charge in [0.15, 0.2) is 0 Å². The van der Waals surface area contributed by atoms with Crippen molar-refractivity contribution >= 4 is 17.4 Å². The monoisotopic (exact) mass is 505 g/mol. The van der Waals surface area contributed by atoms with Gasteiger partial charge in [-0.25, -0.2) is 9.78 Å². The summed E-state index contributed by atoms with van der Waals surface area (Å²) in [6, 6.07) is 18.8. The minimum Gasteiger partial charge on any atom is -0.494 e. The number of thiazole rings is 1. The first-order valence-electron chi connectivity index (χ1n) is 13.1. The molecule has 1 N–H and O–H groups in total. The number of hydrogen-bond donors (Lipinski definition) is 1. The van der Waals surface area contributed by atoms with E-state index < -0.39 is 6.09 Å². The molecule has 7 heteroatoms. The molecule has 2 unspecified atom stereocenters. The third-order valence-electron chi connectivity index (χ3n) is 7.08. The van der Waals surface area contributed by atoms with E-state index in [1.54, 1.807) is 11.3 Å². The molecular weight excluding hydrogens is 470 g/mol. The van der Waals surface area contributed by atoms with Gasteiger partial charge >= 0.3 is 6.09 Å². The van der Waals surface area contributed by atoms with E-state index in [-0.39, 0.29) is 6.10 Å². The molecule has 1 amide bonds. The molecule has 190 valence electrons. The second kappa shape index (κ2) is 11.9. The SMILES string of the molecule is CC1CCCN1CCCOc1ccc(-c2nc3c(s2)CCCC3OC(=O)NCc2ccccc2)cc1. The number of carbonyl (C=O) groups excluding carboxylic acids is 1. The van der Waals surface area contributed by atoms with Crippen molar-refractivity contribution in [1.82, 2.24) is 15.2 Å². The molecule has 3 aromatic rings. The standard InChI is InChI=1S/C29H35N3O3S/c1-21-8-6-17-32(21)18-7-19-34-24-15-13-23(14-16-24)28-31-27-25(11-5-12-26(27)36-28)35-29(33)30-20-22-9-3-2-4-10-22/h2-4,9-10,13-16,21,25H,5-8,11-12,17-20H2,1H3,(H,30,33). The number of rotatable bonds is 9. The minimum absolute atomic E-state index is 0.296. The van der Waals surface area contributed by atoms with Gasteiger partial charge in [0, 0.05) is 29.6 Å². The van der Waals surface area contributed by atoms with Crippen LogP contribution in [0, 0.1) is 0 Å². The highest BCUT2D eigenvalue weighted by molar-refractivity contribution is 7.15. The van der Waals surface area contributed by atoms with E-state index in [1.807, 2.05) is 42.5 Å². The normalized spacial score (nSPS) is 19.6. The number of aromatic nitrogens is 1. The molecule has 0 saturated carbocycles. The fourth-order valence-corrected chi connectivity index (χ4v) is 6.19. The Labute approximate surface area is 217 Å². The average molecular weight is 506 g/mol. The van der Waals surface area contributed by atoms with Crippen molar-refractivity contribution in [1.29, 1.82) is 0 Å². The Balaban J connectivity index is 1.14. The summed E-state index contributed by atoms with van der Waals surface area (Å²) in [6.45, 7) is 5.83. The van der Waals surface area contributed by atoms with E-state index in [0.717, 1.165) is 66.4 Å². The van der Waals surface area contributed by atoms with Gasteiger partial charge in [-0.05, 0) is 81.8 Å². The zero-order valence-electron chi connectivity index (χ0n) is 20.9. The number of fused-ring (bicyclic) bond motifs is 1. The highest BCUT2D eigenvalue weighted by Gasteiger charge is 2.28. The Bertz CT molecular complexity index is 1130. The number of amides is 1. The van der Waals surface area contributed by atoms with Gasteiger partial charge in [0.1, 0.15) is 16.9 Å². The fourth-order valence-electron chi connectivity index (χ4n) is 5.03. The molecule has 6 nitrogen and oxygen atoms in total. The van der Waals surface area contributed by atoms with E-state index in [2.05, 4.69) is 29.3 Å². The summed E-state index contributed by atoms with van der Waals surface area (Å²) in [4.78, 5) is 21.1. The van der Waals surface area contributed by atoms with Crippen molar-refractivity contribution < 1.29 is 14.3 Å². The average Bonchev–Trinajstić information content (AvgIpc) is 3.53. The van der Waals surface area contributed by atoms with Crippen LogP contribution in [0.3, 0.4) is 0 Å². The van der Waals surface area contributed by atoms with Crippen LogP contribution in [0.25, 0.3) is 10.6 Å². The first-order chi connectivity index (χ1) is 17.7. The van der Waals surface area contributed by atoms with Gasteiger partial charge in [-0.1, -0.05) is 30.3 Å². The maximum absolute atomic E-state index is 12.4. The molecule has 0 spiro atoms. The second-order valence-electron chi connectivity index (χ2n) is 9.71. The summed E-state index contributed by atoms with van der Waals surface area (Å²) in [6.07, 6.45) is 5.77. The van der Waals surface area contributed by atoms with Crippen LogP contribution in [-0.4, -0.2) is 41.7 Å². The lowest BCUT2D eigenvalue weighted by molar-refractivity contribution is 0.0851. The first-order valence-corrected chi connectivity index (χ1v) is 13.9. The first kappa shape index (κ1) is 24.8. The van der Waals surface area contributed by atoms with Crippen LogP contribution in [0.15, 0.2) is 54.6 Å². The number of nitrogens with zero attached hydrogens (tertiary/aromatic N) is 2. The van der Waals surface area contributed by atoms with Crippen LogP contribution < -0.4 is 10.1 Å². The van der Waals surface area contributed by atoms with E-state index in [1.165, 1.54) is 24.3 Å². The largest absolute Gasteiger partial charge is 0.494 e. The van der Waals surface area contributed by atoms with Crippen LogP contribution in [-0.2, 0) is 17.7 Å². The minimum atomic E-state index is -0.396. The highest BCUT2D eigenvalue weighted by Crippen LogP contribution is 2.39. The summed E-state index contributed by atoms with van der Waals surface area (Å²) in [7, 11) is 0. The highest BCUT2D eigenvalue weighted by atomic mass is 32.1. The summed E-state index contributed by atoms with van der Waals surface area (Å²) < 4.78 is 11.8. The molecule has 1 saturated heterocycles. The van der Waals surface area contributed by atoms with Crippen LogP contribution in [0.1, 0.15) is 61.3 Å². The molecule has 2 atom stereocenters.